The van der Waals surface area contributed by atoms with Crippen LogP contribution in [0.4, 0.5) is 21.8 Å². The van der Waals surface area contributed by atoms with Crippen molar-refractivity contribution in [3.8, 4) is 5.75 Å². The Bertz CT molecular complexity index is 1140. The number of anilines is 3. The zero-order chi connectivity index (χ0) is 21.5. The average molecular weight is 420 g/mol. The summed E-state index contributed by atoms with van der Waals surface area (Å²) >= 11 is 0. The summed E-state index contributed by atoms with van der Waals surface area (Å²) in [6.45, 7) is 2.99. The van der Waals surface area contributed by atoms with E-state index in [0.717, 1.165) is 22.5 Å². The number of ether oxygens (including phenoxy) is 1. The largest absolute Gasteiger partial charge is 0.488 e. The lowest BCUT2D eigenvalue weighted by Gasteiger charge is -2.24. The van der Waals surface area contributed by atoms with Crippen LogP contribution in [0.15, 0.2) is 42.5 Å². The number of hydrogen-bond acceptors (Lipinski definition) is 7. The van der Waals surface area contributed by atoms with E-state index in [1.54, 1.807) is 18.2 Å². The fraction of sp³-hybridized carbons (Fsp3) is 0.273. The number of aromatic nitrogens is 2. The number of hydrogen-bond donors (Lipinski definition) is 3. The number of rotatable bonds is 5. The van der Waals surface area contributed by atoms with Crippen LogP contribution in [0.3, 0.4) is 0 Å². The second-order valence-corrected chi connectivity index (χ2v) is 7.87. The molecule has 1 aromatic heterocycles. The molecule has 5 rings (SSSR count). The zero-order valence-electron chi connectivity index (χ0n) is 17.0. The monoisotopic (exact) mass is 420 g/mol. The predicted molar refractivity (Wildman–Crippen MR) is 117 cm³/mol. The Labute approximate surface area is 179 Å². The van der Waals surface area contributed by atoms with Crippen LogP contribution in [0.2, 0.25) is 0 Å². The van der Waals surface area contributed by atoms with E-state index in [1.165, 1.54) is 12.1 Å². The molecule has 7 nitrogen and oxygen atoms in total. The van der Waals surface area contributed by atoms with Crippen LogP contribution in [-0.2, 0) is 19.4 Å². The third-order valence-corrected chi connectivity index (χ3v) is 5.74. The van der Waals surface area contributed by atoms with Gasteiger partial charge in [-0.15, -0.1) is 0 Å². The smallest absolute Gasteiger partial charge is 0.487 e. The van der Waals surface area contributed by atoms with Crippen LogP contribution >= 0.6 is 0 Å². The zero-order valence-corrected chi connectivity index (χ0v) is 17.0. The number of nitrogens with one attached hydrogen (secondary N) is 1. The summed E-state index contributed by atoms with van der Waals surface area (Å²) < 4.78 is 19.3. The van der Waals surface area contributed by atoms with Gasteiger partial charge in [-0.3, -0.25) is 0 Å². The lowest BCUT2D eigenvalue weighted by Crippen LogP contribution is -2.32. The normalized spacial score (nSPS) is 16.6. The maximum absolute atomic E-state index is 13.5. The maximum Gasteiger partial charge on any atom is 0.488 e. The average Bonchev–Trinajstić information content (AvgIpc) is 3.35. The number of fused-ring (bicyclic) bond motifs is 2. The van der Waals surface area contributed by atoms with Gasteiger partial charge < -0.3 is 25.0 Å². The van der Waals surface area contributed by atoms with Crippen LogP contribution in [0.1, 0.15) is 23.7 Å². The van der Waals surface area contributed by atoms with E-state index >= 15 is 0 Å². The lowest BCUT2D eigenvalue weighted by atomic mass is 9.76. The van der Waals surface area contributed by atoms with Crippen molar-refractivity contribution in [2.24, 2.45) is 0 Å². The van der Waals surface area contributed by atoms with E-state index < -0.39 is 7.12 Å². The fourth-order valence-corrected chi connectivity index (χ4v) is 4.33. The topological polar surface area (TPSA) is 90.7 Å². The maximum atomic E-state index is 13.5. The Morgan fingerprint density at radius 2 is 2.06 bits per heavy atom. The Morgan fingerprint density at radius 3 is 2.87 bits per heavy atom. The van der Waals surface area contributed by atoms with Crippen molar-refractivity contribution in [3.63, 3.8) is 0 Å². The molecule has 31 heavy (non-hydrogen) atoms. The Morgan fingerprint density at radius 1 is 1.23 bits per heavy atom. The predicted octanol–water partition coefficient (Wildman–Crippen LogP) is 1.93. The van der Waals surface area contributed by atoms with Crippen molar-refractivity contribution in [1.29, 1.82) is 0 Å². The highest BCUT2D eigenvalue weighted by Crippen LogP contribution is 2.39. The molecule has 0 saturated heterocycles. The van der Waals surface area contributed by atoms with Gasteiger partial charge in [0.2, 0.25) is 5.95 Å². The van der Waals surface area contributed by atoms with Crippen molar-refractivity contribution >= 4 is 30.0 Å². The van der Waals surface area contributed by atoms with Gasteiger partial charge in [0.25, 0.3) is 0 Å². The van der Waals surface area contributed by atoms with Crippen molar-refractivity contribution in [1.82, 2.24) is 9.97 Å². The molecule has 2 aromatic carbocycles. The molecule has 0 amide bonds. The highest BCUT2D eigenvalue weighted by atomic mass is 19.1. The van der Waals surface area contributed by atoms with Crippen LogP contribution in [0.25, 0.3) is 0 Å². The summed E-state index contributed by atoms with van der Waals surface area (Å²) in [6, 6.07) is 11.9. The molecule has 3 heterocycles. The first kappa shape index (κ1) is 19.8. The second kappa shape index (κ2) is 7.83. The number of nitrogens with zero attached hydrogens (tertiary/aromatic N) is 3. The van der Waals surface area contributed by atoms with Gasteiger partial charge in [-0.25, -0.2) is 9.37 Å². The molecule has 0 radical (unpaired) electrons. The number of halogens is 1. The van der Waals surface area contributed by atoms with E-state index in [2.05, 4.69) is 12.2 Å². The van der Waals surface area contributed by atoms with E-state index in [-0.39, 0.29) is 11.9 Å². The van der Waals surface area contributed by atoms with Gasteiger partial charge in [0, 0.05) is 24.7 Å². The van der Waals surface area contributed by atoms with E-state index in [1.807, 2.05) is 17.0 Å². The molecule has 0 fully saturated rings. The highest BCUT2D eigenvalue weighted by molar-refractivity contribution is 6.59. The van der Waals surface area contributed by atoms with Crippen molar-refractivity contribution in [3.05, 3.63) is 65.1 Å². The van der Waals surface area contributed by atoms with Gasteiger partial charge in [0.15, 0.2) is 11.6 Å². The fourth-order valence-electron chi connectivity index (χ4n) is 4.33. The molecule has 1 atom stereocenters. The van der Waals surface area contributed by atoms with Crippen molar-refractivity contribution < 1.29 is 19.2 Å². The quantitative estimate of drug-likeness (QED) is 0.544. The molecule has 0 spiro atoms. The molecule has 2 aliphatic rings. The number of benzene rings is 2. The third kappa shape index (κ3) is 3.60. The van der Waals surface area contributed by atoms with Gasteiger partial charge in [0.05, 0.1) is 12.3 Å². The first-order valence-electron chi connectivity index (χ1n) is 10.3. The Hall–Kier alpha value is -3.17. The first-order valence-corrected chi connectivity index (χ1v) is 10.3. The molecule has 0 saturated carbocycles. The molecule has 3 N–H and O–H groups in total. The van der Waals surface area contributed by atoms with Crippen molar-refractivity contribution in [2.75, 3.05) is 16.8 Å². The molecule has 9 heteroatoms. The SMILES string of the molecule is CC1Cc2c(B(O)O)cccc2N1c1nc2c(c(NCc3cccc(F)c3)n1)OCC2. The third-order valence-electron chi connectivity index (χ3n) is 5.74. The summed E-state index contributed by atoms with van der Waals surface area (Å²) in [7, 11) is -1.53. The molecule has 158 valence electrons. The van der Waals surface area contributed by atoms with Crippen molar-refractivity contribution in [2.45, 2.75) is 32.4 Å². The van der Waals surface area contributed by atoms with E-state index in [4.69, 9.17) is 14.7 Å². The standard InChI is InChI=1S/C22H22BFN4O3/c1-13-10-16-17(23(29)30)6-3-7-19(16)28(13)22-26-18-8-9-31-20(18)21(27-22)25-12-14-4-2-5-15(24)11-14/h2-7,11,13,29-30H,8-10,12H2,1H3,(H,25,26,27). The molecule has 1 unspecified atom stereocenters. The van der Waals surface area contributed by atoms with Crippen LogP contribution in [0, 0.1) is 5.82 Å². The molecular weight excluding hydrogens is 398 g/mol. The van der Waals surface area contributed by atoms with Gasteiger partial charge in [-0.1, -0.05) is 24.3 Å². The summed E-state index contributed by atoms with van der Waals surface area (Å²) in [5.74, 6) is 1.45. The minimum absolute atomic E-state index is 0.0475. The first-order chi connectivity index (χ1) is 15.0. The molecule has 0 bridgehead atoms. The van der Waals surface area contributed by atoms with Crippen LogP contribution < -0.4 is 20.4 Å². The summed E-state index contributed by atoms with van der Waals surface area (Å²) in [6.07, 6.45) is 1.34. The van der Waals surface area contributed by atoms with Crippen LogP contribution in [0.5, 0.6) is 5.75 Å². The van der Waals surface area contributed by atoms with Gasteiger partial charge in [-0.05, 0) is 48.1 Å². The summed E-state index contributed by atoms with van der Waals surface area (Å²) in [5, 5.41) is 22.8. The Balaban J connectivity index is 1.51. The van der Waals surface area contributed by atoms with E-state index in [0.29, 0.717) is 49.0 Å². The molecule has 2 aliphatic heterocycles. The molecular formula is C22H22BFN4O3. The second-order valence-electron chi connectivity index (χ2n) is 7.87. The summed E-state index contributed by atoms with van der Waals surface area (Å²) in [4.78, 5) is 11.5. The minimum Gasteiger partial charge on any atom is -0.487 e. The Kier molecular flexibility index (Phi) is 4.99. The van der Waals surface area contributed by atoms with Gasteiger partial charge in [-0.2, -0.15) is 4.98 Å². The summed E-state index contributed by atoms with van der Waals surface area (Å²) in [5.41, 5.74) is 3.88. The molecule has 3 aromatic rings. The highest BCUT2D eigenvalue weighted by Gasteiger charge is 2.34. The van der Waals surface area contributed by atoms with Gasteiger partial charge >= 0.3 is 7.12 Å². The minimum atomic E-state index is -1.53. The lowest BCUT2D eigenvalue weighted by molar-refractivity contribution is 0.357. The molecule has 0 aliphatic carbocycles. The van der Waals surface area contributed by atoms with Crippen LogP contribution in [-0.4, -0.2) is 39.8 Å². The van der Waals surface area contributed by atoms with Gasteiger partial charge in [0.1, 0.15) is 5.82 Å². The van der Waals surface area contributed by atoms with E-state index in [9.17, 15) is 14.4 Å².